The van der Waals surface area contributed by atoms with Gasteiger partial charge in [0.25, 0.3) is 5.91 Å². The Balaban J connectivity index is 2.86. The van der Waals surface area contributed by atoms with Crippen LogP contribution in [0.1, 0.15) is 17.4 Å². The number of nitrogens with one attached hydrogen (secondary N) is 1. The minimum absolute atomic E-state index is 0.103. The van der Waals surface area contributed by atoms with Crippen molar-refractivity contribution in [2.24, 2.45) is 5.14 Å². The number of aromatic amines is 1. The number of likely N-dealkylation sites (N-methyl/N-ethyl adjacent to an activating group) is 1. The Morgan fingerprint density at radius 2 is 2.22 bits per heavy atom. The third kappa shape index (κ3) is 3.56. The van der Waals surface area contributed by atoms with Crippen molar-refractivity contribution in [1.82, 2.24) is 9.88 Å². The molecule has 0 aliphatic rings. The summed E-state index contributed by atoms with van der Waals surface area (Å²) in [5.74, 6) is -0.288. The summed E-state index contributed by atoms with van der Waals surface area (Å²) < 4.78 is 27.1. The number of ether oxygens (including phenoxy) is 1. The molecular formula is C10H17N3O4S. The van der Waals surface area contributed by atoms with Gasteiger partial charge in [0.15, 0.2) is 0 Å². The fraction of sp³-hybridized carbons (Fsp3) is 0.500. The molecule has 0 fully saturated rings. The van der Waals surface area contributed by atoms with E-state index in [4.69, 9.17) is 9.88 Å². The van der Waals surface area contributed by atoms with E-state index in [0.29, 0.717) is 19.7 Å². The molecule has 3 N–H and O–H groups in total. The van der Waals surface area contributed by atoms with Gasteiger partial charge in [0.1, 0.15) is 5.69 Å². The predicted octanol–water partition coefficient (Wildman–Crippen LogP) is -0.229. The highest BCUT2D eigenvalue weighted by atomic mass is 32.2. The van der Waals surface area contributed by atoms with Gasteiger partial charge in [-0.2, -0.15) is 0 Å². The number of carbonyl (C=O) groups excluding carboxylic acids is 1. The van der Waals surface area contributed by atoms with Gasteiger partial charge in [-0.3, -0.25) is 4.79 Å². The highest BCUT2D eigenvalue weighted by Gasteiger charge is 2.18. The van der Waals surface area contributed by atoms with E-state index in [1.54, 1.807) is 12.0 Å². The molecule has 0 atom stereocenters. The first-order valence-corrected chi connectivity index (χ1v) is 6.94. The summed E-state index contributed by atoms with van der Waals surface area (Å²) in [6, 6.07) is 1.23. The zero-order valence-corrected chi connectivity index (χ0v) is 11.2. The summed E-state index contributed by atoms with van der Waals surface area (Å²) in [5, 5.41) is 4.97. The first-order valence-electron chi connectivity index (χ1n) is 5.39. The van der Waals surface area contributed by atoms with Crippen LogP contribution in [-0.4, -0.2) is 51.0 Å². The van der Waals surface area contributed by atoms with Gasteiger partial charge in [0, 0.05) is 26.4 Å². The van der Waals surface area contributed by atoms with Crippen LogP contribution < -0.4 is 5.14 Å². The van der Waals surface area contributed by atoms with Gasteiger partial charge in [-0.1, -0.05) is 0 Å². The van der Waals surface area contributed by atoms with Gasteiger partial charge in [-0.25, -0.2) is 13.6 Å². The van der Waals surface area contributed by atoms with Crippen LogP contribution in [-0.2, 0) is 14.8 Å². The third-order valence-corrected chi connectivity index (χ3v) is 3.34. The van der Waals surface area contributed by atoms with E-state index in [1.807, 2.05) is 6.92 Å². The molecule has 102 valence electrons. The number of nitrogens with two attached hydrogens (primary N) is 1. The second-order valence-corrected chi connectivity index (χ2v) is 5.23. The Labute approximate surface area is 106 Å². The number of nitrogens with zero attached hydrogens (tertiary/aromatic N) is 1. The molecule has 0 saturated carbocycles. The van der Waals surface area contributed by atoms with E-state index < -0.39 is 10.0 Å². The average molecular weight is 275 g/mol. The van der Waals surface area contributed by atoms with Crippen LogP contribution in [0.25, 0.3) is 0 Å². The largest absolute Gasteiger partial charge is 0.383 e. The summed E-state index contributed by atoms with van der Waals surface area (Å²) >= 11 is 0. The van der Waals surface area contributed by atoms with Crippen molar-refractivity contribution in [3.05, 3.63) is 18.0 Å². The summed E-state index contributed by atoms with van der Waals surface area (Å²) in [5.41, 5.74) is 0.192. The molecule has 0 bridgehead atoms. The Hall–Kier alpha value is -1.38. The Morgan fingerprint density at radius 3 is 2.67 bits per heavy atom. The lowest BCUT2D eigenvalue weighted by atomic mass is 10.3. The van der Waals surface area contributed by atoms with Crippen LogP contribution in [0.3, 0.4) is 0 Å². The average Bonchev–Trinajstić information content (AvgIpc) is 2.78. The number of aromatic nitrogens is 1. The van der Waals surface area contributed by atoms with Crippen LogP contribution in [0.2, 0.25) is 0 Å². The quantitative estimate of drug-likeness (QED) is 0.748. The topological polar surface area (TPSA) is 105 Å². The third-order valence-electron chi connectivity index (χ3n) is 2.45. The number of H-pyrrole nitrogens is 1. The van der Waals surface area contributed by atoms with Crippen molar-refractivity contribution < 1.29 is 17.9 Å². The second-order valence-electron chi connectivity index (χ2n) is 3.67. The van der Waals surface area contributed by atoms with E-state index in [1.165, 1.54) is 12.3 Å². The van der Waals surface area contributed by atoms with Gasteiger partial charge in [0.05, 0.1) is 11.5 Å². The first-order chi connectivity index (χ1) is 8.40. The van der Waals surface area contributed by atoms with Crippen LogP contribution >= 0.6 is 0 Å². The van der Waals surface area contributed by atoms with E-state index in [9.17, 15) is 13.2 Å². The van der Waals surface area contributed by atoms with Crippen molar-refractivity contribution in [2.45, 2.75) is 11.8 Å². The number of primary sulfonamides is 1. The maximum atomic E-state index is 12.0. The fourth-order valence-electron chi connectivity index (χ4n) is 1.44. The van der Waals surface area contributed by atoms with Gasteiger partial charge < -0.3 is 14.6 Å². The van der Waals surface area contributed by atoms with Gasteiger partial charge in [-0.05, 0) is 13.0 Å². The minimum Gasteiger partial charge on any atom is -0.383 e. The van der Waals surface area contributed by atoms with Crippen molar-refractivity contribution in [3.63, 3.8) is 0 Å². The van der Waals surface area contributed by atoms with Crippen molar-refractivity contribution in [3.8, 4) is 0 Å². The molecule has 18 heavy (non-hydrogen) atoms. The van der Waals surface area contributed by atoms with Crippen LogP contribution in [0.15, 0.2) is 17.2 Å². The van der Waals surface area contributed by atoms with Crippen molar-refractivity contribution >= 4 is 15.9 Å². The summed E-state index contributed by atoms with van der Waals surface area (Å²) in [4.78, 5) is 16.1. The molecule has 1 amide bonds. The van der Waals surface area contributed by atoms with E-state index >= 15 is 0 Å². The van der Waals surface area contributed by atoms with Crippen molar-refractivity contribution in [1.29, 1.82) is 0 Å². The predicted molar refractivity (Wildman–Crippen MR) is 65.6 cm³/mol. The molecule has 1 aromatic heterocycles. The molecule has 0 saturated heterocycles. The standard InChI is InChI=1S/C10H17N3O4S/c1-3-13(4-5-17-2)10(14)9-6-8(7-12-9)18(11,15)16/h6-7,12H,3-5H2,1-2H3,(H2,11,15,16). The molecule has 0 radical (unpaired) electrons. The molecule has 0 aromatic carbocycles. The molecule has 0 spiro atoms. The van der Waals surface area contributed by atoms with Crippen molar-refractivity contribution in [2.75, 3.05) is 26.8 Å². The Bertz CT molecular complexity index is 509. The molecule has 0 aliphatic carbocycles. The van der Waals surface area contributed by atoms with E-state index in [2.05, 4.69) is 4.98 Å². The zero-order chi connectivity index (χ0) is 13.8. The lowest BCUT2D eigenvalue weighted by Gasteiger charge is -2.19. The Kier molecular flexibility index (Phi) is 4.88. The van der Waals surface area contributed by atoms with Crippen LogP contribution in [0.5, 0.6) is 0 Å². The van der Waals surface area contributed by atoms with Crippen LogP contribution in [0.4, 0.5) is 0 Å². The van der Waals surface area contributed by atoms with Gasteiger partial charge in [0.2, 0.25) is 10.0 Å². The molecule has 1 heterocycles. The van der Waals surface area contributed by atoms with E-state index in [-0.39, 0.29) is 16.5 Å². The summed E-state index contributed by atoms with van der Waals surface area (Å²) in [7, 11) is -2.24. The number of sulfonamides is 1. The molecule has 1 rings (SSSR count). The molecule has 7 nitrogen and oxygen atoms in total. The number of hydrogen-bond acceptors (Lipinski definition) is 4. The molecule has 0 aliphatic heterocycles. The number of hydrogen-bond donors (Lipinski definition) is 2. The lowest BCUT2D eigenvalue weighted by Crippen LogP contribution is -2.33. The molecule has 0 unspecified atom stereocenters. The zero-order valence-electron chi connectivity index (χ0n) is 10.3. The smallest absolute Gasteiger partial charge is 0.270 e. The number of carbonyl (C=O) groups is 1. The summed E-state index contributed by atoms with van der Waals surface area (Å²) in [6.45, 7) is 3.20. The first kappa shape index (κ1) is 14.7. The lowest BCUT2D eigenvalue weighted by molar-refractivity contribution is 0.0701. The number of methoxy groups -OCH3 is 1. The highest BCUT2D eigenvalue weighted by molar-refractivity contribution is 7.89. The molecule has 8 heteroatoms. The monoisotopic (exact) mass is 275 g/mol. The fourth-order valence-corrected chi connectivity index (χ4v) is 1.94. The second kappa shape index (κ2) is 5.98. The minimum atomic E-state index is -3.79. The Morgan fingerprint density at radius 1 is 1.56 bits per heavy atom. The van der Waals surface area contributed by atoms with Crippen LogP contribution in [0, 0.1) is 0 Å². The maximum Gasteiger partial charge on any atom is 0.270 e. The highest BCUT2D eigenvalue weighted by Crippen LogP contribution is 2.10. The van der Waals surface area contributed by atoms with Gasteiger partial charge >= 0.3 is 0 Å². The molecule has 1 aromatic rings. The number of amides is 1. The molecular weight excluding hydrogens is 258 g/mol. The normalized spacial score (nSPS) is 11.5. The van der Waals surface area contributed by atoms with E-state index in [0.717, 1.165) is 0 Å². The maximum absolute atomic E-state index is 12.0. The summed E-state index contributed by atoms with van der Waals surface area (Å²) in [6.07, 6.45) is 1.20. The van der Waals surface area contributed by atoms with Gasteiger partial charge in [-0.15, -0.1) is 0 Å². The SMILES string of the molecule is CCN(CCOC)C(=O)c1cc(S(N)(=O)=O)c[nH]1. The number of rotatable bonds is 6.